The highest BCUT2D eigenvalue weighted by atomic mass is 32.2. The summed E-state index contributed by atoms with van der Waals surface area (Å²) >= 11 is 1.89. The molecule has 0 amide bonds. The van der Waals surface area contributed by atoms with Crippen molar-refractivity contribution in [2.75, 3.05) is 0 Å². The Morgan fingerprint density at radius 2 is 0.913 bits per heavy atom. The number of rotatable bonds is 5. The summed E-state index contributed by atoms with van der Waals surface area (Å²) in [5, 5.41) is 3.72. The van der Waals surface area contributed by atoms with Crippen molar-refractivity contribution >= 4 is 23.3 Å². The standard InChI is InChI=1S/C65H43N3S/c1-2-17-43(18-3-1)59-41-60(47-20-16-19-46(39-47)58-29-14-15-38-66-58)68-63(67-59)44-34-32-42(33-35-44)45-36-37-51-49(40-45)48-21-4-5-22-50(48)64(51)52-23-6-8-25-54(52)65(55-26-9-7-24-53(55)64)56-27-10-12-30-61(56)69-62-31-13-11-28-57(62)65/h1-41,60H,(H,67,68). The van der Waals surface area contributed by atoms with Gasteiger partial charge in [-0.3, -0.25) is 9.98 Å². The molecule has 14 rings (SSSR count). The van der Waals surface area contributed by atoms with E-state index in [2.05, 4.69) is 241 Å². The summed E-state index contributed by atoms with van der Waals surface area (Å²) in [6.45, 7) is 0. The lowest BCUT2D eigenvalue weighted by Crippen LogP contribution is -2.45. The van der Waals surface area contributed by atoms with Crippen LogP contribution in [0.4, 0.5) is 0 Å². The molecule has 1 unspecified atom stereocenters. The lowest BCUT2D eigenvalue weighted by molar-refractivity contribution is 0.605. The summed E-state index contributed by atoms with van der Waals surface area (Å²) in [4.78, 5) is 12.6. The third kappa shape index (κ3) is 5.89. The number of pyridine rings is 1. The van der Waals surface area contributed by atoms with Gasteiger partial charge in [-0.15, -0.1) is 0 Å². The highest BCUT2D eigenvalue weighted by Gasteiger charge is 2.58. The van der Waals surface area contributed by atoms with Crippen molar-refractivity contribution in [1.82, 2.24) is 10.3 Å². The minimum absolute atomic E-state index is 0.185. The molecule has 69 heavy (non-hydrogen) atoms. The van der Waals surface area contributed by atoms with Crippen LogP contribution in [0.1, 0.15) is 67.2 Å². The van der Waals surface area contributed by atoms with E-state index in [0.29, 0.717) is 0 Å². The molecule has 2 aliphatic heterocycles. The van der Waals surface area contributed by atoms with Crippen LogP contribution in [0.3, 0.4) is 0 Å². The maximum absolute atomic E-state index is 5.36. The molecule has 0 saturated heterocycles. The van der Waals surface area contributed by atoms with E-state index in [9.17, 15) is 0 Å². The van der Waals surface area contributed by atoms with Gasteiger partial charge in [-0.05, 0) is 120 Å². The number of aromatic nitrogens is 1. The second kappa shape index (κ2) is 15.6. The summed E-state index contributed by atoms with van der Waals surface area (Å²) in [6, 6.07) is 87.1. The van der Waals surface area contributed by atoms with Crippen molar-refractivity contribution in [2.45, 2.75) is 26.7 Å². The molecule has 0 fully saturated rings. The van der Waals surface area contributed by atoms with Crippen LogP contribution in [0, 0.1) is 0 Å². The molecule has 1 N–H and O–H groups in total. The Morgan fingerprint density at radius 3 is 1.58 bits per heavy atom. The van der Waals surface area contributed by atoms with Crippen LogP contribution in [-0.4, -0.2) is 10.8 Å². The van der Waals surface area contributed by atoms with E-state index in [1.165, 1.54) is 71.0 Å². The number of aliphatic imine (C=N–C) groups is 1. The SMILES string of the molecule is C1=C(c2ccccc2)NC(c2ccc(-c3ccc4c(c3)-c3ccccc3C43c4ccccc4C4(c5ccccc5Sc5ccccc54)c4ccccc43)cc2)=NC1c1cccc(-c2ccccn2)c1. The minimum atomic E-state index is -0.524. The molecule has 0 bridgehead atoms. The molecular weight excluding hydrogens is 855 g/mol. The number of hydrogen-bond acceptors (Lipinski definition) is 4. The van der Waals surface area contributed by atoms with Crippen molar-refractivity contribution in [1.29, 1.82) is 0 Å². The van der Waals surface area contributed by atoms with Gasteiger partial charge in [0.25, 0.3) is 0 Å². The largest absolute Gasteiger partial charge is 0.340 e. The first-order valence-corrected chi connectivity index (χ1v) is 24.6. The quantitative estimate of drug-likeness (QED) is 0.187. The molecule has 2 aliphatic carbocycles. The topological polar surface area (TPSA) is 37.3 Å². The second-order valence-electron chi connectivity index (χ2n) is 18.4. The van der Waals surface area contributed by atoms with E-state index in [-0.39, 0.29) is 6.04 Å². The Kier molecular flexibility index (Phi) is 9.02. The summed E-state index contributed by atoms with van der Waals surface area (Å²) in [6.07, 6.45) is 4.07. The maximum Gasteiger partial charge on any atom is 0.133 e. The van der Waals surface area contributed by atoms with Crippen LogP contribution in [0.2, 0.25) is 0 Å². The second-order valence-corrected chi connectivity index (χ2v) is 19.5. The average molecular weight is 898 g/mol. The van der Waals surface area contributed by atoms with E-state index in [0.717, 1.165) is 45.0 Å². The normalized spacial score (nSPS) is 16.1. The van der Waals surface area contributed by atoms with Gasteiger partial charge in [-0.1, -0.05) is 212 Å². The molecule has 1 aromatic heterocycles. The van der Waals surface area contributed by atoms with Crippen LogP contribution in [-0.2, 0) is 10.8 Å². The molecular formula is C65H43N3S. The van der Waals surface area contributed by atoms with Gasteiger partial charge in [0.15, 0.2) is 0 Å². The lowest BCUT2D eigenvalue weighted by Gasteiger charge is -2.51. The molecule has 0 saturated carbocycles. The van der Waals surface area contributed by atoms with Gasteiger partial charge < -0.3 is 5.32 Å². The summed E-state index contributed by atoms with van der Waals surface area (Å²) in [7, 11) is 0. The number of nitrogens with zero attached hydrogens (tertiary/aromatic N) is 2. The molecule has 4 aliphatic rings. The molecule has 1 atom stereocenters. The van der Waals surface area contributed by atoms with Gasteiger partial charge in [0, 0.05) is 32.8 Å². The third-order valence-electron chi connectivity index (χ3n) is 14.9. The average Bonchev–Trinajstić information content (AvgIpc) is 3.72. The van der Waals surface area contributed by atoms with Gasteiger partial charge in [0.2, 0.25) is 0 Å². The van der Waals surface area contributed by atoms with E-state index in [1.807, 2.05) is 30.1 Å². The molecule has 9 aromatic carbocycles. The lowest BCUT2D eigenvalue weighted by atomic mass is 9.51. The first-order valence-electron chi connectivity index (χ1n) is 23.7. The van der Waals surface area contributed by atoms with Gasteiger partial charge in [0.05, 0.1) is 22.6 Å². The summed E-state index contributed by atoms with van der Waals surface area (Å²) in [5.41, 5.74) is 20.9. The third-order valence-corrected chi connectivity index (χ3v) is 16.1. The number of benzene rings is 9. The van der Waals surface area contributed by atoms with Crippen LogP contribution in [0.25, 0.3) is 39.2 Å². The maximum atomic E-state index is 5.36. The first kappa shape index (κ1) is 39.8. The predicted octanol–water partition coefficient (Wildman–Crippen LogP) is 15.1. The van der Waals surface area contributed by atoms with Gasteiger partial charge in [-0.2, -0.15) is 0 Å². The molecule has 4 heteroatoms. The van der Waals surface area contributed by atoms with Gasteiger partial charge in [0.1, 0.15) is 5.84 Å². The van der Waals surface area contributed by atoms with Crippen LogP contribution < -0.4 is 5.32 Å². The van der Waals surface area contributed by atoms with Crippen LogP contribution in [0.15, 0.2) is 264 Å². The zero-order chi connectivity index (χ0) is 45.5. The Bertz CT molecular complexity index is 3640. The zero-order valence-electron chi connectivity index (χ0n) is 37.6. The Hall–Kier alpha value is -8.31. The summed E-state index contributed by atoms with van der Waals surface area (Å²) in [5.74, 6) is 0.843. The Balaban J connectivity index is 0.887. The molecule has 10 aromatic rings. The van der Waals surface area contributed by atoms with Gasteiger partial charge >= 0.3 is 0 Å². The van der Waals surface area contributed by atoms with Gasteiger partial charge in [-0.25, -0.2) is 0 Å². The Morgan fingerprint density at radius 1 is 0.377 bits per heavy atom. The molecule has 3 nitrogen and oxygen atoms in total. The van der Waals surface area contributed by atoms with E-state index in [1.54, 1.807) is 0 Å². The van der Waals surface area contributed by atoms with Crippen LogP contribution >= 0.6 is 11.8 Å². The number of fused-ring (bicyclic) bond motifs is 15. The number of hydrogen-bond donors (Lipinski definition) is 1. The predicted molar refractivity (Wildman–Crippen MR) is 282 cm³/mol. The van der Waals surface area contributed by atoms with Crippen molar-refractivity contribution in [3.8, 4) is 33.5 Å². The highest BCUT2D eigenvalue weighted by molar-refractivity contribution is 7.99. The van der Waals surface area contributed by atoms with E-state index in [4.69, 9.17) is 4.99 Å². The summed E-state index contributed by atoms with van der Waals surface area (Å²) < 4.78 is 0. The number of nitrogens with one attached hydrogen (secondary N) is 1. The zero-order valence-corrected chi connectivity index (χ0v) is 38.4. The fraction of sp³-hybridized carbons (Fsp3) is 0.0462. The van der Waals surface area contributed by atoms with Crippen molar-refractivity contribution < 1.29 is 0 Å². The van der Waals surface area contributed by atoms with E-state index < -0.39 is 10.8 Å². The molecule has 0 radical (unpaired) electrons. The van der Waals surface area contributed by atoms with Crippen molar-refractivity contribution in [3.05, 3.63) is 310 Å². The minimum Gasteiger partial charge on any atom is -0.340 e. The number of amidine groups is 1. The fourth-order valence-corrected chi connectivity index (χ4v) is 13.3. The monoisotopic (exact) mass is 897 g/mol. The smallest absolute Gasteiger partial charge is 0.133 e. The fourth-order valence-electron chi connectivity index (χ4n) is 12.1. The Labute approximate surface area is 406 Å². The van der Waals surface area contributed by atoms with E-state index >= 15 is 0 Å². The first-order chi connectivity index (χ1) is 34.2. The molecule has 3 heterocycles. The van der Waals surface area contributed by atoms with Crippen molar-refractivity contribution in [3.63, 3.8) is 0 Å². The molecule has 324 valence electrons. The highest BCUT2D eigenvalue weighted by Crippen LogP contribution is 2.67. The van der Waals surface area contributed by atoms with Crippen molar-refractivity contribution in [2.24, 2.45) is 4.99 Å². The molecule has 2 spiro atoms. The van der Waals surface area contributed by atoms with Crippen LogP contribution in [0.5, 0.6) is 0 Å².